The molecule has 5 fully saturated rings. The third kappa shape index (κ3) is 23.6. The molecule has 32 heteroatoms. The number of nitrogens with zero attached hydrogens (tertiary/aromatic N) is 9. The SMILES string of the molecule is CC1(C=O)CN(C(=O)OC(C)(C)C)C1.Cc1ccc(C(N)C2(C)CN(C(=O)OC(C)(C)C)C2)o1.Cc1ccc(C(N=[N+]=[N-])C2(C)CN(C(=O)OC(C)(C)C)C2)o1.Cc1ccc(C(Nc2c(Nc3cccc(C(=O)N(C)C)c3O)c(=O)c2=O)C2(C)CN(C(=O)OC(C)(C)C)C2)o1.Cc1ccc(C(O)C2(C)CN(C(=O)OC(C)(C)C)C2)o1. The van der Waals surface area contributed by atoms with Gasteiger partial charge < -0.3 is 102 Å². The van der Waals surface area contributed by atoms with Gasteiger partial charge in [0.1, 0.15) is 104 Å². The molecule has 4 atom stereocenters. The van der Waals surface area contributed by atoms with Gasteiger partial charge in [-0.1, -0.05) is 38.9 Å². The smallest absolute Gasteiger partial charge is 0.410 e. The van der Waals surface area contributed by atoms with Crippen molar-refractivity contribution in [2.45, 2.75) is 218 Å². The number of furan rings is 4. The third-order valence-corrected chi connectivity index (χ3v) is 19.3. The van der Waals surface area contributed by atoms with E-state index in [1.807, 2.05) is 162 Å². The van der Waals surface area contributed by atoms with Crippen LogP contribution in [0, 0.1) is 54.8 Å². The molecule has 4 unspecified atom stereocenters. The van der Waals surface area contributed by atoms with Gasteiger partial charge in [0.2, 0.25) is 0 Å². The molecule has 0 bridgehead atoms. The predicted molar refractivity (Wildman–Crippen MR) is 430 cm³/mol. The summed E-state index contributed by atoms with van der Waals surface area (Å²) in [5.74, 6) is 4.78. The summed E-state index contributed by atoms with van der Waals surface area (Å²) >= 11 is 0. The van der Waals surface area contributed by atoms with E-state index in [0.29, 0.717) is 88.5 Å². The van der Waals surface area contributed by atoms with Gasteiger partial charge >= 0.3 is 30.5 Å². The van der Waals surface area contributed by atoms with E-state index in [1.165, 1.54) is 17.0 Å². The Balaban J connectivity index is 0.000000209. The number of ether oxygens (including phenoxy) is 5. The van der Waals surface area contributed by atoms with Crippen molar-refractivity contribution in [2.75, 3.05) is 90.2 Å². The van der Waals surface area contributed by atoms with E-state index in [-0.39, 0.29) is 80.4 Å². The summed E-state index contributed by atoms with van der Waals surface area (Å²) in [6.07, 6.45) is -1.55. The number of phenolic OH excluding ortho intramolecular Hbond substituents is 1. The van der Waals surface area contributed by atoms with Crippen LogP contribution in [-0.2, 0) is 28.5 Å². The Hall–Kier alpha value is -10.5. The van der Waals surface area contributed by atoms with E-state index in [1.54, 1.807) is 90.6 Å². The average molecular weight is 1610 g/mol. The molecule has 2 aromatic carbocycles. The molecule has 5 saturated heterocycles. The van der Waals surface area contributed by atoms with Crippen LogP contribution in [0.4, 0.5) is 41.0 Å². The second kappa shape index (κ2) is 34.5. The molecular weight excluding hydrogens is 1480 g/mol. The number of carbonyl (C=O) groups is 7. The monoisotopic (exact) mass is 1600 g/mol. The quantitative estimate of drug-likeness (QED) is 0.0121. The molecule has 6 amide bonds. The van der Waals surface area contributed by atoms with Crippen molar-refractivity contribution in [3.63, 3.8) is 0 Å². The van der Waals surface area contributed by atoms with E-state index in [9.17, 15) is 53.4 Å². The van der Waals surface area contributed by atoms with Crippen LogP contribution in [0.5, 0.6) is 5.75 Å². The van der Waals surface area contributed by atoms with Gasteiger partial charge in [-0.3, -0.25) is 14.4 Å². The molecule has 0 radical (unpaired) electrons. The van der Waals surface area contributed by atoms with Gasteiger partial charge in [-0.25, -0.2) is 24.0 Å². The van der Waals surface area contributed by atoms with Crippen molar-refractivity contribution < 1.29 is 85.1 Å². The number of aliphatic hydroxyl groups is 1. The summed E-state index contributed by atoms with van der Waals surface area (Å²) in [6, 6.07) is 18.0. The van der Waals surface area contributed by atoms with Crippen LogP contribution in [0.25, 0.3) is 10.4 Å². The lowest BCUT2D eigenvalue weighted by atomic mass is 9.74. The Kier molecular flexibility index (Phi) is 27.5. The highest BCUT2D eigenvalue weighted by Crippen LogP contribution is 2.49. The van der Waals surface area contributed by atoms with Crippen molar-refractivity contribution >= 4 is 59.7 Å². The minimum atomic E-state index is -0.759. The number of nitrogens with one attached hydrogen (secondary N) is 2. The highest BCUT2D eigenvalue weighted by molar-refractivity contribution is 5.99. The lowest BCUT2D eigenvalue weighted by molar-refractivity contribution is -0.123. The fourth-order valence-electron chi connectivity index (χ4n) is 13.5. The molecule has 6 N–H and O–H groups in total. The maximum atomic E-state index is 12.7. The lowest BCUT2D eigenvalue weighted by Gasteiger charge is -2.51. The maximum absolute atomic E-state index is 12.7. The van der Waals surface area contributed by atoms with E-state index < -0.39 is 74.5 Å². The number of anilines is 3. The number of aromatic hydroxyl groups is 1. The van der Waals surface area contributed by atoms with Gasteiger partial charge in [0.05, 0.1) is 28.7 Å². The molecule has 0 saturated carbocycles. The van der Waals surface area contributed by atoms with Crippen LogP contribution in [0.2, 0.25) is 0 Å². The van der Waals surface area contributed by atoms with Crippen molar-refractivity contribution in [3.8, 4) is 5.75 Å². The molecule has 4 aromatic heterocycles. The molecule has 0 spiro atoms. The van der Waals surface area contributed by atoms with E-state index in [2.05, 4.69) is 27.6 Å². The van der Waals surface area contributed by atoms with Crippen LogP contribution in [0.15, 0.2) is 99.1 Å². The number of aliphatic hydroxyl groups excluding tert-OH is 1. The highest BCUT2D eigenvalue weighted by Gasteiger charge is 2.54. The van der Waals surface area contributed by atoms with Crippen molar-refractivity contribution in [1.82, 2.24) is 29.4 Å². The van der Waals surface area contributed by atoms with E-state index in [4.69, 9.17) is 52.6 Å². The zero-order valence-corrected chi connectivity index (χ0v) is 71.7. The third-order valence-electron chi connectivity index (χ3n) is 19.3. The number of azide groups is 1. The first-order chi connectivity index (χ1) is 52.7. The fraction of sp³-hybridized carbons (Fsp3) is 0.602. The minimum absolute atomic E-state index is 0.0275. The van der Waals surface area contributed by atoms with Crippen molar-refractivity contribution in [1.29, 1.82) is 0 Å². The topological polar surface area (TPSA) is 411 Å². The van der Waals surface area contributed by atoms with E-state index >= 15 is 0 Å². The van der Waals surface area contributed by atoms with Crippen LogP contribution in [0.3, 0.4) is 0 Å². The van der Waals surface area contributed by atoms with Gasteiger partial charge in [-0.05, 0) is 205 Å². The molecular formula is C83H120N12O20. The first-order valence-corrected chi connectivity index (χ1v) is 38.2. The number of carbonyl (C=O) groups excluding carboxylic acids is 7. The maximum Gasteiger partial charge on any atom is 0.410 e. The molecule has 0 aliphatic carbocycles. The van der Waals surface area contributed by atoms with Gasteiger partial charge in [-0.2, -0.15) is 0 Å². The molecule has 32 nitrogen and oxygen atoms in total. The molecule has 5 aliphatic heterocycles. The van der Waals surface area contributed by atoms with Gasteiger partial charge in [0.15, 0.2) is 5.75 Å². The van der Waals surface area contributed by atoms with Crippen LogP contribution >= 0.6 is 0 Å². The second-order valence-corrected chi connectivity index (χ2v) is 37.4. The number of likely N-dealkylation sites (tertiary alicyclic amines) is 5. The molecule has 11 rings (SSSR count). The Labute approximate surface area is 672 Å². The minimum Gasteiger partial charge on any atom is -0.505 e. The summed E-state index contributed by atoms with van der Waals surface area (Å²) < 4.78 is 49.2. The lowest BCUT2D eigenvalue weighted by Crippen LogP contribution is -2.61. The molecule has 9 heterocycles. The number of para-hydroxylation sites is 1. The summed E-state index contributed by atoms with van der Waals surface area (Å²) in [5.41, 5.74) is 9.33. The van der Waals surface area contributed by atoms with Crippen LogP contribution in [0.1, 0.15) is 219 Å². The van der Waals surface area contributed by atoms with Crippen LogP contribution < -0.4 is 27.2 Å². The summed E-state index contributed by atoms with van der Waals surface area (Å²) in [6.45, 7) is 49.2. The van der Waals surface area contributed by atoms with Crippen LogP contribution in [-0.4, -0.2) is 190 Å². The Bertz CT molecular complexity index is 4470. The number of rotatable bonds is 15. The van der Waals surface area contributed by atoms with Gasteiger partial charge in [-0.15, -0.1) is 0 Å². The summed E-state index contributed by atoms with van der Waals surface area (Å²) in [4.78, 5) is 120. The molecule has 632 valence electrons. The standard InChI is InChI=1S/C28H34N4O7.C15H22N4O3.C15H24N2O3.C15H23NO4.C10H17NO3/c1-15-11-12-18(38-15)24(28(5)13-32(14-28)26(37)39-27(2,3)4)30-20-19(22(34)23(20)35)29-17-10-8-9-16(21(17)33)25(36)31(6)7;1-10-6-7-11(21-10)12(17-18-16)15(5)8-19(9-15)13(20)22-14(2,3)4;1-10-6-7-11(19-10)12(16)15(5)8-17(9-15)13(18)20-14(2,3)4;1-10-6-7-11(19-10)12(17)15(5)8-16(9-15)13(18)20-14(2,3)4;1-9(2,3)14-8(13)11-5-10(4,6-11)7-12/h8-12,24,29-30,33H,13-14H2,1-7H3;6-7,12H,8-9H2,1-5H3;6-7,12H,8-9,16H2,1-5H3;6-7,12,17H,8-9H2,1-5H3;7H,5-6H2,1-4H3. The van der Waals surface area contributed by atoms with Gasteiger partial charge in [0.25, 0.3) is 16.8 Å². The molecule has 6 aromatic rings. The summed E-state index contributed by atoms with van der Waals surface area (Å²) in [7, 11) is 3.12. The zero-order valence-electron chi connectivity index (χ0n) is 71.7. The summed E-state index contributed by atoms with van der Waals surface area (Å²) in [5, 5.41) is 31.0. The number of phenols is 1. The largest absolute Gasteiger partial charge is 0.505 e. The Morgan fingerprint density at radius 3 is 1.21 bits per heavy atom. The predicted octanol–water partition coefficient (Wildman–Crippen LogP) is 15.1. The normalized spacial score (nSPS) is 17.9. The van der Waals surface area contributed by atoms with Gasteiger partial charge in [0, 0.05) is 106 Å². The first kappa shape index (κ1) is 91.7. The Morgan fingerprint density at radius 1 is 0.513 bits per heavy atom. The number of nitrogens with two attached hydrogens (primary N) is 1. The Morgan fingerprint density at radius 2 is 0.852 bits per heavy atom. The number of amides is 6. The molecule has 5 aliphatic rings. The molecule has 115 heavy (non-hydrogen) atoms. The average Bonchev–Trinajstić information content (AvgIpc) is 1.44. The van der Waals surface area contributed by atoms with Crippen molar-refractivity contribution in [3.05, 3.63) is 149 Å². The number of hydrogen-bond acceptors (Lipinski definition) is 24. The fourth-order valence-corrected chi connectivity index (χ4v) is 13.5. The zero-order chi connectivity index (χ0) is 86.6. The van der Waals surface area contributed by atoms with E-state index in [0.717, 1.165) is 29.3 Å². The number of aldehydes is 1. The highest BCUT2D eigenvalue weighted by atomic mass is 16.6. The number of hydrogen-bond donors (Lipinski definition) is 5. The number of aryl methyl sites for hydroxylation is 4. The number of benzene rings is 1. The van der Waals surface area contributed by atoms with Crippen molar-refractivity contribution in [2.24, 2.45) is 37.9 Å². The first-order valence-electron chi connectivity index (χ1n) is 38.2. The second-order valence-electron chi connectivity index (χ2n) is 37.4.